The molecule has 10 heteroatoms. The first-order valence-electron chi connectivity index (χ1n) is 11.1. The van der Waals surface area contributed by atoms with Gasteiger partial charge in [0.05, 0.1) is 17.4 Å². The van der Waals surface area contributed by atoms with Gasteiger partial charge in [-0.1, -0.05) is 30.0 Å². The Balaban J connectivity index is 1.37. The van der Waals surface area contributed by atoms with Crippen molar-refractivity contribution in [2.45, 2.75) is 37.8 Å². The lowest BCUT2D eigenvalue weighted by molar-refractivity contribution is -0.113. The molecule has 0 radical (unpaired) electrons. The predicted molar refractivity (Wildman–Crippen MR) is 132 cm³/mol. The van der Waals surface area contributed by atoms with Crippen LogP contribution in [0.3, 0.4) is 0 Å². The molecule has 1 aliphatic heterocycles. The summed E-state index contributed by atoms with van der Waals surface area (Å²) in [4.78, 5) is 24.5. The third-order valence-electron chi connectivity index (χ3n) is 4.93. The fraction of sp³-hybridized carbons (Fsp3) is 0.280. The summed E-state index contributed by atoms with van der Waals surface area (Å²) >= 11 is 1.26. The van der Waals surface area contributed by atoms with Gasteiger partial charge in [-0.2, -0.15) is 0 Å². The summed E-state index contributed by atoms with van der Waals surface area (Å²) in [6, 6.07) is 14.0. The molecule has 1 unspecified atom stereocenters. The average molecular weight is 495 g/mol. The second-order valence-electron chi connectivity index (χ2n) is 7.97. The summed E-state index contributed by atoms with van der Waals surface area (Å²) in [5, 5.41) is 12.0. The van der Waals surface area contributed by atoms with Gasteiger partial charge in [0.25, 0.3) is 0 Å². The van der Waals surface area contributed by atoms with E-state index >= 15 is 0 Å². The van der Waals surface area contributed by atoms with E-state index in [-0.39, 0.29) is 17.8 Å². The van der Waals surface area contributed by atoms with Crippen LogP contribution in [0.1, 0.15) is 36.1 Å². The van der Waals surface area contributed by atoms with Gasteiger partial charge < -0.3 is 19.5 Å². The highest BCUT2D eigenvalue weighted by molar-refractivity contribution is 7.99. The molecule has 0 saturated heterocycles. The summed E-state index contributed by atoms with van der Waals surface area (Å²) in [7, 11) is 0. The number of hydrogen-bond acceptors (Lipinski definition) is 8. The zero-order valence-electron chi connectivity index (χ0n) is 19.5. The highest BCUT2D eigenvalue weighted by atomic mass is 32.2. The van der Waals surface area contributed by atoms with Crippen LogP contribution in [-0.4, -0.2) is 45.1 Å². The topological polar surface area (TPSA) is 105 Å². The van der Waals surface area contributed by atoms with Crippen molar-refractivity contribution >= 4 is 29.3 Å². The quantitative estimate of drug-likeness (QED) is 0.267. The van der Waals surface area contributed by atoms with Crippen LogP contribution < -0.4 is 14.8 Å². The van der Waals surface area contributed by atoms with Crippen LogP contribution in [0.4, 0.5) is 5.69 Å². The van der Waals surface area contributed by atoms with Crippen molar-refractivity contribution in [2.75, 3.05) is 17.7 Å². The second kappa shape index (κ2) is 11.1. The van der Waals surface area contributed by atoms with Crippen LogP contribution >= 0.6 is 11.8 Å². The molecule has 1 amide bonds. The number of fused-ring (bicyclic) bond motifs is 1. The van der Waals surface area contributed by atoms with E-state index in [0.717, 1.165) is 0 Å². The van der Waals surface area contributed by atoms with Crippen molar-refractivity contribution in [3.8, 4) is 11.5 Å². The Morgan fingerprint density at radius 1 is 1.20 bits per heavy atom. The van der Waals surface area contributed by atoms with E-state index in [4.69, 9.17) is 14.2 Å². The van der Waals surface area contributed by atoms with Crippen LogP contribution in [0.25, 0.3) is 0 Å². The lowest BCUT2D eigenvalue weighted by atomic mass is 10.2. The van der Waals surface area contributed by atoms with Crippen molar-refractivity contribution in [1.82, 2.24) is 14.8 Å². The highest BCUT2D eigenvalue weighted by Crippen LogP contribution is 2.36. The Labute approximate surface area is 207 Å². The van der Waals surface area contributed by atoms with Gasteiger partial charge in [0.1, 0.15) is 6.61 Å². The minimum atomic E-state index is -0.429. The van der Waals surface area contributed by atoms with Crippen LogP contribution in [0.15, 0.2) is 66.3 Å². The van der Waals surface area contributed by atoms with Gasteiger partial charge in [0.2, 0.25) is 5.91 Å². The molecule has 0 fully saturated rings. The molecule has 0 saturated carbocycles. The Hall–Kier alpha value is -3.79. The van der Waals surface area contributed by atoms with Gasteiger partial charge in [0, 0.05) is 12.2 Å². The lowest BCUT2D eigenvalue weighted by Gasteiger charge is -2.26. The zero-order valence-corrected chi connectivity index (χ0v) is 20.3. The molecule has 1 aromatic heterocycles. The number of ether oxygens (including phenoxy) is 3. The number of aromatic nitrogens is 3. The molecule has 35 heavy (non-hydrogen) atoms. The van der Waals surface area contributed by atoms with Crippen molar-refractivity contribution in [3.63, 3.8) is 0 Å². The SMILES string of the molecule is C=CCn1c(SCC(=O)Nc2ccc(C(=O)OC(C)C)cc2)nnc1C1COc2ccccc2O1. The number of hydrogen-bond donors (Lipinski definition) is 1. The number of anilines is 1. The molecule has 0 aliphatic carbocycles. The maximum absolute atomic E-state index is 12.5. The van der Waals surface area contributed by atoms with Gasteiger partial charge in [0.15, 0.2) is 28.6 Å². The van der Waals surface area contributed by atoms with Gasteiger partial charge in [-0.3, -0.25) is 9.36 Å². The second-order valence-corrected chi connectivity index (χ2v) is 8.92. The van der Waals surface area contributed by atoms with Crippen molar-refractivity contribution in [1.29, 1.82) is 0 Å². The summed E-state index contributed by atoms with van der Waals surface area (Å²) in [6.45, 7) is 8.16. The van der Waals surface area contributed by atoms with Gasteiger partial charge in [-0.15, -0.1) is 16.8 Å². The average Bonchev–Trinajstić information content (AvgIpc) is 3.25. The standard InChI is InChI=1S/C25H26N4O5S/c1-4-13-29-23(21-14-32-19-7-5-6-8-20(19)34-21)27-28-25(29)35-15-22(30)26-18-11-9-17(10-12-18)24(31)33-16(2)3/h4-12,16,21H,1,13-15H2,2-3H3,(H,26,30). The van der Waals surface area contributed by atoms with Gasteiger partial charge in [-0.05, 0) is 50.2 Å². The number of para-hydroxylation sites is 2. The molecule has 0 bridgehead atoms. The van der Waals surface area contributed by atoms with E-state index < -0.39 is 12.1 Å². The van der Waals surface area contributed by atoms with E-state index in [1.54, 1.807) is 44.2 Å². The number of nitrogens with zero attached hydrogens (tertiary/aromatic N) is 3. The first-order chi connectivity index (χ1) is 16.9. The molecular weight excluding hydrogens is 468 g/mol. The number of allylic oxidation sites excluding steroid dienone is 1. The summed E-state index contributed by atoms with van der Waals surface area (Å²) in [5.74, 6) is 1.45. The first kappa shape index (κ1) is 24.3. The van der Waals surface area contributed by atoms with Crippen LogP contribution in [-0.2, 0) is 16.1 Å². The Morgan fingerprint density at radius 2 is 1.94 bits per heavy atom. The highest BCUT2D eigenvalue weighted by Gasteiger charge is 2.28. The summed E-state index contributed by atoms with van der Waals surface area (Å²) in [6.07, 6.45) is 1.11. The molecule has 2 heterocycles. The Bertz CT molecular complexity index is 1210. The molecule has 4 rings (SSSR count). The molecule has 182 valence electrons. The zero-order chi connectivity index (χ0) is 24.8. The molecule has 1 aliphatic rings. The van der Waals surface area contributed by atoms with E-state index in [1.807, 2.05) is 28.8 Å². The van der Waals surface area contributed by atoms with Gasteiger partial charge in [-0.25, -0.2) is 4.79 Å². The number of carbonyl (C=O) groups excluding carboxylic acids is 2. The maximum atomic E-state index is 12.5. The third kappa shape index (κ3) is 6.02. The summed E-state index contributed by atoms with van der Waals surface area (Å²) in [5.41, 5.74) is 1.00. The summed E-state index contributed by atoms with van der Waals surface area (Å²) < 4.78 is 18.9. The van der Waals surface area contributed by atoms with Gasteiger partial charge >= 0.3 is 5.97 Å². The predicted octanol–water partition coefficient (Wildman–Crippen LogP) is 4.27. The number of benzene rings is 2. The van der Waals surface area contributed by atoms with E-state index in [1.165, 1.54) is 11.8 Å². The van der Waals surface area contributed by atoms with Crippen molar-refractivity contribution < 1.29 is 23.8 Å². The Morgan fingerprint density at radius 3 is 2.66 bits per heavy atom. The monoisotopic (exact) mass is 494 g/mol. The lowest BCUT2D eigenvalue weighted by Crippen LogP contribution is -2.25. The largest absolute Gasteiger partial charge is 0.485 e. The minimum Gasteiger partial charge on any atom is -0.485 e. The normalized spacial score (nSPS) is 14.4. The number of rotatable bonds is 9. The molecular formula is C25H26N4O5S. The van der Waals surface area contributed by atoms with E-state index in [0.29, 0.717) is 46.9 Å². The fourth-order valence-electron chi connectivity index (χ4n) is 3.39. The van der Waals surface area contributed by atoms with E-state index in [2.05, 4.69) is 22.1 Å². The first-order valence-corrected chi connectivity index (χ1v) is 12.1. The van der Waals surface area contributed by atoms with Crippen LogP contribution in [0.2, 0.25) is 0 Å². The Kier molecular flexibility index (Phi) is 7.71. The number of carbonyl (C=O) groups is 2. The molecule has 1 N–H and O–H groups in total. The van der Waals surface area contributed by atoms with Crippen molar-refractivity contribution in [3.05, 3.63) is 72.6 Å². The van der Waals surface area contributed by atoms with E-state index in [9.17, 15) is 9.59 Å². The number of esters is 1. The number of thioether (sulfide) groups is 1. The number of amides is 1. The van der Waals surface area contributed by atoms with Crippen molar-refractivity contribution in [2.24, 2.45) is 0 Å². The fourth-order valence-corrected chi connectivity index (χ4v) is 4.15. The minimum absolute atomic E-state index is 0.122. The number of nitrogens with one attached hydrogen (secondary N) is 1. The molecule has 2 aromatic carbocycles. The third-order valence-corrected chi connectivity index (χ3v) is 5.90. The molecule has 9 nitrogen and oxygen atoms in total. The maximum Gasteiger partial charge on any atom is 0.338 e. The molecule has 3 aromatic rings. The molecule has 1 atom stereocenters. The van der Waals surface area contributed by atoms with Crippen LogP contribution in [0.5, 0.6) is 11.5 Å². The smallest absolute Gasteiger partial charge is 0.338 e. The van der Waals surface area contributed by atoms with Crippen LogP contribution in [0, 0.1) is 0 Å². The molecule has 0 spiro atoms.